The van der Waals surface area contributed by atoms with Crippen molar-refractivity contribution < 1.29 is 9.13 Å². The lowest BCUT2D eigenvalue weighted by atomic mass is 10.1. The molecule has 0 amide bonds. The summed E-state index contributed by atoms with van der Waals surface area (Å²) in [5, 5.41) is 0.565. The molecule has 0 N–H and O–H groups in total. The Bertz CT molecular complexity index is 1020. The minimum Gasteiger partial charge on any atom is -0.383 e. The largest absolute Gasteiger partial charge is 0.383 e. The fourth-order valence-electron chi connectivity index (χ4n) is 3.64. The van der Waals surface area contributed by atoms with Gasteiger partial charge in [-0.15, -0.1) is 0 Å². The lowest BCUT2D eigenvalue weighted by Gasteiger charge is -2.27. The molecule has 1 saturated heterocycles. The van der Waals surface area contributed by atoms with Crippen LogP contribution in [-0.4, -0.2) is 39.8 Å². The van der Waals surface area contributed by atoms with E-state index in [2.05, 4.69) is 9.97 Å². The van der Waals surface area contributed by atoms with Crippen LogP contribution in [0.15, 0.2) is 41.6 Å². The van der Waals surface area contributed by atoms with Gasteiger partial charge in [-0.25, -0.2) is 19.3 Å². The highest BCUT2D eigenvalue weighted by Gasteiger charge is 2.32. The first kappa shape index (κ1) is 17.5. The minimum atomic E-state index is -0.476. The normalized spacial score (nSPS) is 17.0. The van der Waals surface area contributed by atoms with E-state index >= 15 is 0 Å². The van der Waals surface area contributed by atoms with E-state index in [1.807, 2.05) is 23.1 Å². The highest BCUT2D eigenvalue weighted by molar-refractivity contribution is 5.77. The van der Waals surface area contributed by atoms with Crippen LogP contribution in [0.3, 0.4) is 0 Å². The number of ether oxygens (including phenoxy) is 1. The predicted octanol–water partition coefficient (Wildman–Crippen LogP) is 2.31. The van der Waals surface area contributed by atoms with Gasteiger partial charge in [0.1, 0.15) is 12.2 Å². The average Bonchev–Trinajstić information content (AvgIpc) is 3.17. The summed E-state index contributed by atoms with van der Waals surface area (Å²) < 4.78 is 21.1. The van der Waals surface area contributed by atoms with Gasteiger partial charge < -0.3 is 9.64 Å². The first-order valence-corrected chi connectivity index (χ1v) is 8.91. The van der Waals surface area contributed by atoms with Crippen LogP contribution >= 0.6 is 0 Å². The molecule has 1 atom stereocenters. The van der Waals surface area contributed by atoms with Gasteiger partial charge in [0.05, 0.1) is 36.3 Å². The molecule has 1 aromatic carbocycles. The summed E-state index contributed by atoms with van der Waals surface area (Å²) in [5.41, 5.74) is 0.531. The van der Waals surface area contributed by atoms with Gasteiger partial charge in [-0.05, 0) is 25.0 Å². The Hall–Kier alpha value is -2.87. The number of halogens is 1. The Balaban J connectivity index is 1.86. The number of hydrogen-bond acceptors (Lipinski definition) is 6. The maximum absolute atomic E-state index is 14.3. The number of fused-ring (bicyclic) bond motifs is 1. The Kier molecular flexibility index (Phi) is 4.81. The maximum Gasteiger partial charge on any atom is 0.261 e. The highest BCUT2D eigenvalue weighted by Crippen LogP contribution is 2.35. The van der Waals surface area contributed by atoms with Crippen LogP contribution in [0.2, 0.25) is 0 Å². The summed E-state index contributed by atoms with van der Waals surface area (Å²) in [6.45, 7) is 1.42. The van der Waals surface area contributed by atoms with E-state index in [-0.39, 0.29) is 17.4 Å². The van der Waals surface area contributed by atoms with E-state index in [1.165, 1.54) is 6.33 Å². The molecule has 1 aliphatic rings. The fraction of sp³-hybridized carbons (Fsp3) is 0.368. The standard InChI is InChI=1S/C19H20FN5O2/c1-27-10-9-25-18(23-15-6-3-2-5-13(15)19(25)26)16-7-4-8-24(16)17-14(20)11-21-12-22-17/h2-3,5-6,11-12,16H,4,7-10H2,1H3. The fourth-order valence-corrected chi connectivity index (χ4v) is 3.64. The number of hydrogen-bond donors (Lipinski definition) is 0. The van der Waals surface area contributed by atoms with E-state index in [0.29, 0.717) is 36.4 Å². The Morgan fingerprint density at radius 1 is 1.33 bits per heavy atom. The predicted molar refractivity (Wildman–Crippen MR) is 99.2 cm³/mol. The first-order valence-electron chi connectivity index (χ1n) is 8.91. The van der Waals surface area contributed by atoms with E-state index in [4.69, 9.17) is 9.72 Å². The molecule has 7 nitrogen and oxygen atoms in total. The number of aromatic nitrogens is 4. The molecule has 3 heterocycles. The van der Waals surface area contributed by atoms with Crippen LogP contribution in [-0.2, 0) is 11.3 Å². The topological polar surface area (TPSA) is 73.1 Å². The van der Waals surface area contributed by atoms with E-state index < -0.39 is 5.82 Å². The molecule has 0 aliphatic carbocycles. The quantitative estimate of drug-likeness (QED) is 0.687. The smallest absolute Gasteiger partial charge is 0.261 e. The molecule has 0 saturated carbocycles. The van der Waals surface area contributed by atoms with Crippen molar-refractivity contribution in [3.8, 4) is 0 Å². The number of rotatable bonds is 5. The SMILES string of the molecule is COCCn1c(C2CCCN2c2ncncc2F)nc2ccccc2c1=O. The number of anilines is 1. The van der Waals surface area contributed by atoms with Crippen LogP contribution in [0.4, 0.5) is 10.2 Å². The number of methoxy groups -OCH3 is 1. The maximum atomic E-state index is 14.3. The zero-order valence-electron chi connectivity index (χ0n) is 15.0. The van der Waals surface area contributed by atoms with Crippen LogP contribution < -0.4 is 10.5 Å². The molecule has 8 heteroatoms. The summed E-state index contributed by atoms with van der Waals surface area (Å²) in [6.07, 6.45) is 4.12. The lowest BCUT2D eigenvalue weighted by molar-refractivity contribution is 0.184. The summed E-state index contributed by atoms with van der Waals surface area (Å²) >= 11 is 0. The van der Waals surface area contributed by atoms with Crippen LogP contribution in [0.1, 0.15) is 24.7 Å². The number of para-hydroxylation sites is 1. The van der Waals surface area contributed by atoms with Crippen LogP contribution in [0, 0.1) is 5.82 Å². The second-order valence-electron chi connectivity index (χ2n) is 6.48. The van der Waals surface area contributed by atoms with Crippen molar-refractivity contribution in [2.75, 3.05) is 25.2 Å². The molecule has 0 radical (unpaired) electrons. The van der Waals surface area contributed by atoms with Crippen molar-refractivity contribution in [1.29, 1.82) is 0 Å². The first-order chi connectivity index (χ1) is 13.2. The van der Waals surface area contributed by atoms with Crippen molar-refractivity contribution in [3.63, 3.8) is 0 Å². The zero-order valence-corrected chi connectivity index (χ0v) is 15.0. The molecule has 1 fully saturated rings. The van der Waals surface area contributed by atoms with Gasteiger partial charge in [0.15, 0.2) is 11.6 Å². The summed E-state index contributed by atoms with van der Waals surface area (Å²) in [6, 6.07) is 7.04. The average molecular weight is 369 g/mol. The Morgan fingerprint density at radius 2 is 2.19 bits per heavy atom. The third-order valence-electron chi connectivity index (χ3n) is 4.88. The van der Waals surface area contributed by atoms with Gasteiger partial charge in [-0.1, -0.05) is 12.1 Å². The Morgan fingerprint density at radius 3 is 3.00 bits per heavy atom. The molecule has 27 heavy (non-hydrogen) atoms. The monoisotopic (exact) mass is 369 g/mol. The lowest BCUT2D eigenvalue weighted by Crippen LogP contribution is -2.34. The van der Waals surface area contributed by atoms with Crippen molar-refractivity contribution in [1.82, 2.24) is 19.5 Å². The molecule has 2 aromatic heterocycles. The molecular formula is C19H20FN5O2. The summed E-state index contributed by atoms with van der Waals surface area (Å²) in [5.74, 6) is 0.385. The summed E-state index contributed by atoms with van der Waals surface area (Å²) in [4.78, 5) is 27.6. The van der Waals surface area contributed by atoms with Gasteiger partial charge in [-0.2, -0.15) is 0 Å². The van der Waals surface area contributed by atoms with Crippen molar-refractivity contribution in [3.05, 3.63) is 58.8 Å². The molecule has 3 aromatic rings. The van der Waals surface area contributed by atoms with Crippen LogP contribution in [0.25, 0.3) is 10.9 Å². The van der Waals surface area contributed by atoms with Gasteiger partial charge in [-0.3, -0.25) is 9.36 Å². The molecule has 140 valence electrons. The van der Waals surface area contributed by atoms with Crippen molar-refractivity contribution in [2.24, 2.45) is 0 Å². The van der Waals surface area contributed by atoms with E-state index in [1.54, 1.807) is 17.7 Å². The van der Waals surface area contributed by atoms with Crippen molar-refractivity contribution in [2.45, 2.75) is 25.4 Å². The molecule has 1 unspecified atom stereocenters. The third-order valence-corrected chi connectivity index (χ3v) is 4.88. The van der Waals surface area contributed by atoms with Gasteiger partial charge in [0.25, 0.3) is 5.56 Å². The Labute approximate surface area is 155 Å². The summed E-state index contributed by atoms with van der Waals surface area (Å²) in [7, 11) is 1.59. The second kappa shape index (κ2) is 7.40. The molecule has 0 spiro atoms. The third kappa shape index (κ3) is 3.16. The molecular weight excluding hydrogens is 349 g/mol. The van der Waals surface area contributed by atoms with E-state index in [9.17, 15) is 9.18 Å². The number of benzene rings is 1. The number of nitrogens with zero attached hydrogens (tertiary/aromatic N) is 5. The second-order valence-corrected chi connectivity index (χ2v) is 6.48. The highest BCUT2D eigenvalue weighted by atomic mass is 19.1. The molecule has 0 bridgehead atoms. The van der Waals surface area contributed by atoms with Crippen LogP contribution in [0.5, 0.6) is 0 Å². The van der Waals surface area contributed by atoms with Gasteiger partial charge >= 0.3 is 0 Å². The zero-order chi connectivity index (χ0) is 18.8. The van der Waals surface area contributed by atoms with Gasteiger partial charge in [0, 0.05) is 13.7 Å². The van der Waals surface area contributed by atoms with E-state index in [0.717, 1.165) is 19.0 Å². The van der Waals surface area contributed by atoms with Gasteiger partial charge in [0.2, 0.25) is 0 Å². The minimum absolute atomic E-state index is 0.109. The molecule has 1 aliphatic heterocycles. The van der Waals surface area contributed by atoms with Crippen molar-refractivity contribution >= 4 is 16.7 Å². The molecule has 4 rings (SSSR count).